The number of hydrogen-bond acceptors (Lipinski definition) is 2. The summed E-state index contributed by atoms with van der Waals surface area (Å²) in [5.74, 6) is 0.878. The van der Waals surface area contributed by atoms with E-state index in [1.54, 1.807) is 18.2 Å². The minimum absolute atomic E-state index is 0.0428. The van der Waals surface area contributed by atoms with Crippen molar-refractivity contribution >= 4 is 17.4 Å². The minimum Gasteiger partial charge on any atom is -0.489 e. The van der Waals surface area contributed by atoms with Gasteiger partial charge >= 0.3 is 0 Å². The molecule has 1 saturated carbocycles. The van der Waals surface area contributed by atoms with Gasteiger partial charge in [0.05, 0.1) is 11.1 Å². The van der Waals surface area contributed by atoms with Crippen LogP contribution in [0.1, 0.15) is 43.5 Å². The first-order chi connectivity index (χ1) is 8.11. The van der Waals surface area contributed by atoms with E-state index in [1.807, 2.05) is 13.8 Å². The molecule has 92 valence electrons. The third-order valence-corrected chi connectivity index (χ3v) is 3.39. The van der Waals surface area contributed by atoms with Crippen LogP contribution in [0.3, 0.4) is 0 Å². The highest BCUT2D eigenvalue weighted by Gasteiger charge is 2.24. The van der Waals surface area contributed by atoms with Gasteiger partial charge in [0.25, 0.3) is 0 Å². The number of benzene rings is 1. The van der Waals surface area contributed by atoms with Gasteiger partial charge in [-0.15, -0.1) is 0 Å². The summed E-state index contributed by atoms with van der Waals surface area (Å²) in [4.78, 5) is 12.0. The molecule has 17 heavy (non-hydrogen) atoms. The van der Waals surface area contributed by atoms with Gasteiger partial charge in [-0.3, -0.25) is 4.79 Å². The summed E-state index contributed by atoms with van der Waals surface area (Å²) in [5.41, 5.74) is 0.674. The number of hydrogen-bond donors (Lipinski definition) is 0. The fraction of sp³-hybridized carbons (Fsp3) is 0.500. The van der Waals surface area contributed by atoms with Crippen LogP contribution in [0.4, 0.5) is 0 Å². The van der Waals surface area contributed by atoms with E-state index in [0.29, 0.717) is 22.4 Å². The highest BCUT2D eigenvalue weighted by Crippen LogP contribution is 2.32. The summed E-state index contributed by atoms with van der Waals surface area (Å²) >= 11 is 6.12. The van der Waals surface area contributed by atoms with Crippen molar-refractivity contribution in [1.82, 2.24) is 0 Å². The monoisotopic (exact) mass is 252 g/mol. The molecule has 0 aliphatic heterocycles. The summed E-state index contributed by atoms with van der Waals surface area (Å²) < 4.78 is 5.63. The van der Waals surface area contributed by atoms with Crippen LogP contribution in [0, 0.1) is 5.92 Å². The van der Waals surface area contributed by atoms with E-state index in [1.165, 1.54) is 0 Å². The quantitative estimate of drug-likeness (QED) is 0.737. The molecular weight excluding hydrogens is 236 g/mol. The Balaban J connectivity index is 2.14. The van der Waals surface area contributed by atoms with Gasteiger partial charge in [-0.25, -0.2) is 0 Å². The molecule has 0 spiro atoms. The molecule has 1 aromatic carbocycles. The number of carbonyl (C=O) groups is 1. The maximum atomic E-state index is 12.0. The van der Waals surface area contributed by atoms with Gasteiger partial charge in [-0.05, 0) is 37.5 Å². The van der Waals surface area contributed by atoms with Gasteiger partial charge in [0.2, 0.25) is 0 Å². The maximum absolute atomic E-state index is 12.0. The van der Waals surface area contributed by atoms with Crippen molar-refractivity contribution in [2.45, 2.75) is 39.2 Å². The lowest BCUT2D eigenvalue weighted by molar-refractivity contribution is 0.0927. The number of rotatable bonds is 5. The van der Waals surface area contributed by atoms with Crippen LogP contribution in [-0.4, -0.2) is 11.9 Å². The largest absolute Gasteiger partial charge is 0.489 e. The molecule has 1 fully saturated rings. The fourth-order valence-corrected chi connectivity index (χ4v) is 1.81. The smallest absolute Gasteiger partial charge is 0.165 e. The summed E-state index contributed by atoms with van der Waals surface area (Å²) in [7, 11) is 0. The molecular formula is C14H17ClO2. The predicted molar refractivity (Wildman–Crippen MR) is 68.9 cm³/mol. The average Bonchev–Trinajstić information content (AvgIpc) is 3.13. The topological polar surface area (TPSA) is 26.3 Å². The van der Waals surface area contributed by atoms with Crippen LogP contribution in [0.25, 0.3) is 0 Å². The zero-order valence-corrected chi connectivity index (χ0v) is 11.0. The second kappa shape index (κ2) is 5.09. The molecule has 0 radical (unpaired) electrons. The SMILES string of the molecule is CC[C@@H](C)C(=O)c1ccc(OC2CC2)c(Cl)c1. The van der Waals surface area contributed by atoms with Crippen molar-refractivity contribution in [2.24, 2.45) is 5.92 Å². The van der Waals surface area contributed by atoms with E-state index in [0.717, 1.165) is 19.3 Å². The van der Waals surface area contributed by atoms with E-state index in [4.69, 9.17) is 16.3 Å². The zero-order valence-electron chi connectivity index (χ0n) is 10.2. The Kier molecular flexibility index (Phi) is 3.72. The Morgan fingerprint density at radius 3 is 2.76 bits per heavy atom. The first kappa shape index (κ1) is 12.4. The van der Waals surface area contributed by atoms with Crippen molar-refractivity contribution < 1.29 is 9.53 Å². The highest BCUT2D eigenvalue weighted by atomic mass is 35.5. The van der Waals surface area contributed by atoms with E-state index < -0.39 is 0 Å². The first-order valence-corrected chi connectivity index (χ1v) is 6.50. The second-order valence-electron chi connectivity index (χ2n) is 4.64. The van der Waals surface area contributed by atoms with E-state index in [-0.39, 0.29) is 11.7 Å². The Labute approximate surface area is 107 Å². The molecule has 1 atom stereocenters. The van der Waals surface area contributed by atoms with Crippen molar-refractivity contribution in [1.29, 1.82) is 0 Å². The van der Waals surface area contributed by atoms with Crippen LogP contribution in [0.15, 0.2) is 18.2 Å². The third-order valence-electron chi connectivity index (χ3n) is 3.09. The Bertz CT molecular complexity index is 424. The molecule has 2 nitrogen and oxygen atoms in total. The van der Waals surface area contributed by atoms with E-state index >= 15 is 0 Å². The van der Waals surface area contributed by atoms with Crippen LogP contribution < -0.4 is 4.74 Å². The number of ketones is 1. The normalized spacial score (nSPS) is 16.6. The molecule has 0 unspecified atom stereocenters. The molecule has 2 rings (SSSR count). The van der Waals surface area contributed by atoms with Crippen LogP contribution in [0.2, 0.25) is 5.02 Å². The number of carbonyl (C=O) groups excluding carboxylic acids is 1. The van der Waals surface area contributed by atoms with Gasteiger partial charge in [0.1, 0.15) is 5.75 Å². The minimum atomic E-state index is 0.0428. The molecule has 0 N–H and O–H groups in total. The molecule has 1 aliphatic rings. The molecule has 0 heterocycles. The summed E-state index contributed by atoms with van der Waals surface area (Å²) in [6.07, 6.45) is 3.37. The predicted octanol–water partition coefficient (Wildman–Crippen LogP) is 4.11. The second-order valence-corrected chi connectivity index (χ2v) is 5.04. The van der Waals surface area contributed by atoms with Crippen molar-refractivity contribution in [3.8, 4) is 5.75 Å². The van der Waals surface area contributed by atoms with Gasteiger partial charge in [0.15, 0.2) is 5.78 Å². The maximum Gasteiger partial charge on any atom is 0.165 e. The van der Waals surface area contributed by atoms with Gasteiger partial charge < -0.3 is 4.74 Å². The lowest BCUT2D eigenvalue weighted by atomic mass is 9.97. The summed E-state index contributed by atoms with van der Waals surface area (Å²) in [6.45, 7) is 3.94. The lowest BCUT2D eigenvalue weighted by Crippen LogP contribution is -2.10. The zero-order chi connectivity index (χ0) is 12.4. The van der Waals surface area contributed by atoms with Gasteiger partial charge in [-0.1, -0.05) is 25.4 Å². The Morgan fingerprint density at radius 2 is 2.24 bits per heavy atom. The van der Waals surface area contributed by atoms with Crippen molar-refractivity contribution in [3.63, 3.8) is 0 Å². The van der Waals surface area contributed by atoms with Crippen molar-refractivity contribution in [3.05, 3.63) is 28.8 Å². The fourth-order valence-electron chi connectivity index (χ4n) is 1.59. The van der Waals surface area contributed by atoms with Crippen LogP contribution in [0.5, 0.6) is 5.75 Å². The molecule has 1 aromatic rings. The lowest BCUT2D eigenvalue weighted by Gasteiger charge is -2.10. The summed E-state index contributed by atoms with van der Waals surface area (Å²) in [5, 5.41) is 0.533. The van der Waals surface area contributed by atoms with Crippen LogP contribution in [-0.2, 0) is 0 Å². The Hall–Kier alpha value is -1.02. The summed E-state index contributed by atoms with van der Waals surface area (Å²) in [6, 6.07) is 5.32. The Morgan fingerprint density at radius 1 is 1.53 bits per heavy atom. The number of ether oxygens (including phenoxy) is 1. The number of Topliss-reactive ketones (excluding diaryl/α,β-unsaturated/α-hetero) is 1. The van der Waals surface area contributed by atoms with Crippen LogP contribution >= 0.6 is 11.6 Å². The van der Waals surface area contributed by atoms with Crippen molar-refractivity contribution in [2.75, 3.05) is 0 Å². The molecule has 3 heteroatoms. The molecule has 0 aromatic heterocycles. The standard InChI is InChI=1S/C14H17ClO2/c1-3-9(2)14(16)10-4-7-13(12(15)8-10)17-11-5-6-11/h4,7-9,11H,3,5-6H2,1-2H3/t9-/m1/s1. The average molecular weight is 253 g/mol. The van der Waals surface area contributed by atoms with E-state index in [2.05, 4.69) is 0 Å². The highest BCUT2D eigenvalue weighted by molar-refractivity contribution is 6.32. The molecule has 0 bridgehead atoms. The van der Waals surface area contributed by atoms with E-state index in [9.17, 15) is 4.79 Å². The molecule has 1 aliphatic carbocycles. The third kappa shape index (κ3) is 3.01. The first-order valence-electron chi connectivity index (χ1n) is 6.12. The molecule has 0 saturated heterocycles. The van der Waals surface area contributed by atoms with Gasteiger partial charge in [-0.2, -0.15) is 0 Å². The van der Waals surface area contributed by atoms with Gasteiger partial charge in [0, 0.05) is 11.5 Å². The number of halogens is 1. The molecule has 0 amide bonds.